The van der Waals surface area contributed by atoms with Crippen molar-refractivity contribution in [3.05, 3.63) is 21.0 Å². The number of halogens is 2. The van der Waals surface area contributed by atoms with Crippen molar-refractivity contribution in [1.29, 1.82) is 5.41 Å². The highest BCUT2D eigenvalue weighted by Crippen LogP contribution is 2.26. The molecule has 1 aromatic heterocycles. The Balaban J connectivity index is 2.82. The molecule has 66 valence electrons. The Bertz CT molecular complexity index is 276. The maximum atomic E-state index is 7.38. The minimum Gasteiger partial charge on any atom is -0.476 e. The molecule has 0 aliphatic heterocycles. The van der Waals surface area contributed by atoms with Crippen LogP contribution in [0.2, 0.25) is 0 Å². The number of nitrogens with one attached hydrogen (secondary N) is 1. The second kappa shape index (κ2) is 4.09. The molecule has 0 saturated heterocycles. The lowest BCUT2D eigenvalue weighted by Gasteiger charge is -1.99. The molecule has 1 rings (SSSR count). The van der Waals surface area contributed by atoms with Gasteiger partial charge in [-0.2, -0.15) is 0 Å². The molecule has 12 heavy (non-hydrogen) atoms. The summed E-state index contributed by atoms with van der Waals surface area (Å²) in [6.45, 7) is 2.29. The van der Waals surface area contributed by atoms with Gasteiger partial charge in [0.25, 0.3) is 0 Å². The van der Waals surface area contributed by atoms with Gasteiger partial charge in [0.1, 0.15) is 0 Å². The molecule has 1 aromatic rings. The molecule has 0 spiro atoms. The van der Waals surface area contributed by atoms with E-state index in [1.165, 1.54) is 0 Å². The van der Waals surface area contributed by atoms with Crippen LogP contribution in [0.5, 0.6) is 0 Å². The van der Waals surface area contributed by atoms with Crippen LogP contribution in [0.15, 0.2) is 19.6 Å². The van der Waals surface area contributed by atoms with Crippen molar-refractivity contribution in [3.8, 4) is 0 Å². The lowest BCUT2D eigenvalue weighted by atomic mass is 10.4. The summed E-state index contributed by atoms with van der Waals surface area (Å²) >= 11 is 6.41. The number of hydrogen-bond donors (Lipinski definition) is 1. The summed E-state index contributed by atoms with van der Waals surface area (Å²) < 4.78 is 11.4. The Labute approximate surface area is 86.9 Å². The number of furan rings is 1. The van der Waals surface area contributed by atoms with E-state index in [0.717, 1.165) is 4.47 Å². The molecular formula is C7H7Br2NO2. The zero-order valence-corrected chi connectivity index (χ0v) is 9.53. The monoisotopic (exact) mass is 295 g/mol. The molecular weight excluding hydrogens is 290 g/mol. The van der Waals surface area contributed by atoms with E-state index in [4.69, 9.17) is 14.6 Å². The molecule has 5 heteroatoms. The highest BCUT2D eigenvalue weighted by Gasteiger charge is 2.10. The predicted molar refractivity (Wildman–Crippen MR) is 52.6 cm³/mol. The summed E-state index contributed by atoms with van der Waals surface area (Å²) in [5.41, 5.74) is 0. The van der Waals surface area contributed by atoms with Crippen molar-refractivity contribution in [1.82, 2.24) is 0 Å². The van der Waals surface area contributed by atoms with Gasteiger partial charge in [-0.05, 0) is 38.8 Å². The lowest BCUT2D eigenvalue weighted by molar-refractivity contribution is 0.315. The van der Waals surface area contributed by atoms with Gasteiger partial charge in [-0.25, -0.2) is 0 Å². The van der Waals surface area contributed by atoms with Gasteiger partial charge in [0, 0.05) is 6.07 Å². The summed E-state index contributed by atoms with van der Waals surface area (Å²) in [5.74, 6) is 0.458. The summed E-state index contributed by atoms with van der Waals surface area (Å²) in [6, 6.07) is 1.68. The van der Waals surface area contributed by atoms with Crippen molar-refractivity contribution < 1.29 is 9.15 Å². The molecule has 0 radical (unpaired) electrons. The van der Waals surface area contributed by atoms with E-state index in [1.54, 1.807) is 6.07 Å². The van der Waals surface area contributed by atoms with Gasteiger partial charge in [0.15, 0.2) is 10.4 Å². The van der Waals surface area contributed by atoms with Crippen molar-refractivity contribution in [3.63, 3.8) is 0 Å². The molecule has 1 heterocycles. The highest BCUT2D eigenvalue weighted by atomic mass is 79.9. The quantitative estimate of drug-likeness (QED) is 0.673. The zero-order chi connectivity index (χ0) is 9.14. The Morgan fingerprint density at radius 2 is 2.33 bits per heavy atom. The molecule has 0 aromatic carbocycles. The van der Waals surface area contributed by atoms with Crippen LogP contribution in [-0.4, -0.2) is 12.5 Å². The van der Waals surface area contributed by atoms with Crippen LogP contribution in [0.1, 0.15) is 12.7 Å². The van der Waals surface area contributed by atoms with Gasteiger partial charge >= 0.3 is 0 Å². The molecule has 0 aliphatic carbocycles. The summed E-state index contributed by atoms with van der Waals surface area (Å²) in [5, 5.41) is 7.38. The van der Waals surface area contributed by atoms with E-state index in [2.05, 4.69) is 31.9 Å². The Morgan fingerprint density at radius 1 is 1.67 bits per heavy atom. The molecule has 0 aliphatic rings. The van der Waals surface area contributed by atoms with Gasteiger partial charge in [0.05, 0.1) is 11.1 Å². The van der Waals surface area contributed by atoms with Crippen LogP contribution in [0, 0.1) is 5.41 Å². The molecule has 0 saturated carbocycles. The molecule has 3 nitrogen and oxygen atoms in total. The van der Waals surface area contributed by atoms with Crippen molar-refractivity contribution in [2.75, 3.05) is 6.61 Å². The number of ether oxygens (including phenoxy) is 1. The van der Waals surface area contributed by atoms with E-state index >= 15 is 0 Å². The third-order valence-corrected chi connectivity index (χ3v) is 2.87. The number of rotatable bonds is 2. The van der Waals surface area contributed by atoms with E-state index < -0.39 is 0 Å². The fourth-order valence-corrected chi connectivity index (χ4v) is 1.25. The maximum absolute atomic E-state index is 7.38. The number of hydrogen-bond acceptors (Lipinski definition) is 3. The minimum atomic E-state index is 0.0453. The maximum Gasteiger partial charge on any atom is 0.250 e. The third kappa shape index (κ3) is 2.10. The smallest absolute Gasteiger partial charge is 0.250 e. The molecule has 0 amide bonds. The van der Waals surface area contributed by atoms with Gasteiger partial charge in [-0.1, -0.05) is 0 Å². The molecule has 0 bridgehead atoms. The van der Waals surface area contributed by atoms with Gasteiger partial charge in [-0.3, -0.25) is 5.41 Å². The normalized spacial score (nSPS) is 9.92. The van der Waals surface area contributed by atoms with Crippen LogP contribution < -0.4 is 0 Å². The van der Waals surface area contributed by atoms with Crippen LogP contribution in [-0.2, 0) is 4.74 Å². The SMILES string of the molecule is CCOC(=N)c1cc(Br)c(Br)o1. The first-order valence-electron chi connectivity index (χ1n) is 3.31. The van der Waals surface area contributed by atoms with Crippen molar-refractivity contribution in [2.24, 2.45) is 0 Å². The van der Waals surface area contributed by atoms with E-state index in [0.29, 0.717) is 17.0 Å². The second-order valence-corrected chi connectivity index (χ2v) is 3.57. The van der Waals surface area contributed by atoms with Crippen LogP contribution in [0.4, 0.5) is 0 Å². The van der Waals surface area contributed by atoms with Crippen molar-refractivity contribution >= 4 is 37.8 Å². The van der Waals surface area contributed by atoms with Crippen LogP contribution in [0.3, 0.4) is 0 Å². The predicted octanol–water partition coefficient (Wildman–Crippen LogP) is 3.17. The summed E-state index contributed by atoms with van der Waals surface area (Å²) in [7, 11) is 0. The third-order valence-electron chi connectivity index (χ3n) is 1.16. The topological polar surface area (TPSA) is 46.2 Å². The fraction of sp³-hybridized carbons (Fsp3) is 0.286. The first kappa shape index (κ1) is 9.80. The largest absolute Gasteiger partial charge is 0.476 e. The van der Waals surface area contributed by atoms with Crippen LogP contribution in [0.25, 0.3) is 0 Å². The molecule has 0 unspecified atom stereocenters. The molecule has 1 N–H and O–H groups in total. The minimum absolute atomic E-state index is 0.0453. The molecule has 0 fully saturated rings. The van der Waals surface area contributed by atoms with Crippen LogP contribution >= 0.6 is 31.9 Å². The standard InChI is InChI=1S/C7H7Br2NO2/c1-2-11-7(10)5-3-4(8)6(9)12-5/h3,10H,2H2,1H3. The van der Waals surface area contributed by atoms with E-state index in [-0.39, 0.29) is 5.90 Å². The van der Waals surface area contributed by atoms with Gasteiger partial charge in [-0.15, -0.1) is 0 Å². The highest BCUT2D eigenvalue weighted by molar-refractivity contribution is 9.13. The second-order valence-electron chi connectivity index (χ2n) is 1.99. The zero-order valence-electron chi connectivity index (χ0n) is 6.36. The van der Waals surface area contributed by atoms with Gasteiger partial charge in [0.2, 0.25) is 5.90 Å². The summed E-state index contributed by atoms with van der Waals surface area (Å²) in [4.78, 5) is 0. The average molecular weight is 297 g/mol. The van der Waals surface area contributed by atoms with Crippen molar-refractivity contribution in [2.45, 2.75) is 6.92 Å². The average Bonchev–Trinajstić information content (AvgIpc) is 2.33. The Kier molecular flexibility index (Phi) is 3.34. The Morgan fingerprint density at radius 3 is 2.75 bits per heavy atom. The fourth-order valence-electron chi connectivity index (χ4n) is 0.674. The first-order valence-corrected chi connectivity index (χ1v) is 4.90. The van der Waals surface area contributed by atoms with E-state index in [1.807, 2.05) is 6.92 Å². The van der Waals surface area contributed by atoms with E-state index in [9.17, 15) is 0 Å². The van der Waals surface area contributed by atoms with Gasteiger partial charge < -0.3 is 9.15 Å². The molecule has 0 atom stereocenters. The first-order chi connectivity index (χ1) is 5.65. The Hall–Kier alpha value is -0.290. The summed E-state index contributed by atoms with van der Waals surface area (Å²) in [6.07, 6.45) is 0. The lowest BCUT2D eigenvalue weighted by Crippen LogP contribution is -2.02.